The molecule has 0 aliphatic heterocycles. The molecule has 0 aromatic carbocycles. The SMILES string of the molecule is C/C=C/C=C/C(=O)N[C@@H](C)[C@@H](O)C(=O)NCCCCCCCCCCCCCCCCCC. The molecule has 0 radical (unpaired) electrons. The van der Waals surface area contributed by atoms with Crippen LogP contribution in [0.15, 0.2) is 24.3 Å². The van der Waals surface area contributed by atoms with Gasteiger partial charge in [0.25, 0.3) is 5.91 Å². The number of rotatable bonds is 22. The number of hydrogen-bond acceptors (Lipinski definition) is 3. The molecule has 0 aliphatic rings. The fourth-order valence-electron chi connectivity index (χ4n) is 3.82. The van der Waals surface area contributed by atoms with Crippen LogP contribution in [-0.4, -0.2) is 35.6 Å². The number of nitrogens with one attached hydrogen (secondary N) is 2. The zero-order valence-corrected chi connectivity index (χ0v) is 21.7. The third-order valence-corrected chi connectivity index (χ3v) is 5.99. The van der Waals surface area contributed by atoms with Gasteiger partial charge in [0.1, 0.15) is 0 Å². The number of unbranched alkanes of at least 4 members (excludes halogenated alkanes) is 15. The van der Waals surface area contributed by atoms with E-state index in [-0.39, 0.29) is 5.91 Å². The normalized spacial score (nSPS) is 13.5. The van der Waals surface area contributed by atoms with E-state index in [0.29, 0.717) is 6.54 Å². The monoisotopic (exact) mass is 464 g/mol. The molecule has 0 saturated carbocycles. The highest BCUT2D eigenvalue weighted by Crippen LogP contribution is 2.13. The van der Waals surface area contributed by atoms with Crippen LogP contribution < -0.4 is 10.6 Å². The smallest absolute Gasteiger partial charge is 0.250 e. The number of hydrogen-bond donors (Lipinski definition) is 3. The lowest BCUT2D eigenvalue weighted by molar-refractivity contribution is -0.131. The lowest BCUT2D eigenvalue weighted by atomic mass is 10.0. The van der Waals surface area contributed by atoms with E-state index in [1.54, 1.807) is 19.1 Å². The zero-order chi connectivity index (χ0) is 24.6. The van der Waals surface area contributed by atoms with Crippen LogP contribution in [0.4, 0.5) is 0 Å². The fourth-order valence-corrected chi connectivity index (χ4v) is 3.82. The summed E-state index contributed by atoms with van der Waals surface area (Å²) in [6, 6.07) is -0.640. The van der Waals surface area contributed by atoms with Crippen LogP contribution in [0.5, 0.6) is 0 Å². The molecule has 0 saturated heterocycles. The van der Waals surface area contributed by atoms with E-state index in [1.807, 2.05) is 13.0 Å². The molecule has 0 unspecified atom stereocenters. The first-order valence-corrected chi connectivity index (χ1v) is 13.6. The average molecular weight is 465 g/mol. The van der Waals surface area contributed by atoms with Gasteiger partial charge in [-0.2, -0.15) is 0 Å². The zero-order valence-electron chi connectivity index (χ0n) is 21.7. The van der Waals surface area contributed by atoms with Crippen molar-refractivity contribution in [3.05, 3.63) is 24.3 Å². The minimum absolute atomic E-state index is 0.328. The fraction of sp³-hybridized carbons (Fsp3) is 0.786. The largest absolute Gasteiger partial charge is 0.381 e. The molecular formula is C28H52N2O3. The van der Waals surface area contributed by atoms with Crippen LogP contribution in [0.3, 0.4) is 0 Å². The van der Waals surface area contributed by atoms with E-state index in [9.17, 15) is 14.7 Å². The molecule has 0 fully saturated rings. The van der Waals surface area contributed by atoms with Crippen LogP contribution >= 0.6 is 0 Å². The van der Waals surface area contributed by atoms with Crippen LogP contribution in [0.2, 0.25) is 0 Å². The molecule has 0 spiro atoms. The number of carbonyl (C=O) groups is 2. The molecule has 5 nitrogen and oxygen atoms in total. The van der Waals surface area contributed by atoms with Crippen molar-refractivity contribution < 1.29 is 14.7 Å². The Kier molecular flexibility index (Phi) is 22.4. The van der Waals surface area contributed by atoms with Crippen molar-refractivity contribution in [3.8, 4) is 0 Å². The van der Waals surface area contributed by atoms with Crippen molar-refractivity contribution in [1.29, 1.82) is 0 Å². The molecule has 0 heterocycles. The quantitative estimate of drug-likeness (QED) is 0.0990. The third-order valence-electron chi connectivity index (χ3n) is 5.99. The van der Waals surface area contributed by atoms with Crippen molar-refractivity contribution in [1.82, 2.24) is 10.6 Å². The summed E-state index contributed by atoms with van der Waals surface area (Å²) in [6.45, 7) is 6.32. The number of amides is 2. The second-order valence-electron chi connectivity index (χ2n) is 9.22. The molecule has 0 aromatic heterocycles. The minimum Gasteiger partial charge on any atom is -0.381 e. The summed E-state index contributed by atoms with van der Waals surface area (Å²) >= 11 is 0. The summed E-state index contributed by atoms with van der Waals surface area (Å²) in [6.07, 6.45) is 26.4. The van der Waals surface area contributed by atoms with E-state index in [0.717, 1.165) is 12.8 Å². The second-order valence-corrected chi connectivity index (χ2v) is 9.22. The van der Waals surface area contributed by atoms with E-state index in [2.05, 4.69) is 17.6 Å². The Hall–Kier alpha value is -1.62. The first kappa shape index (κ1) is 31.4. The van der Waals surface area contributed by atoms with Gasteiger partial charge in [-0.15, -0.1) is 0 Å². The van der Waals surface area contributed by atoms with E-state index >= 15 is 0 Å². The lowest BCUT2D eigenvalue weighted by Crippen LogP contribution is -2.48. The second kappa shape index (κ2) is 23.5. The molecule has 0 bridgehead atoms. The van der Waals surface area contributed by atoms with Gasteiger partial charge in [-0.3, -0.25) is 9.59 Å². The maximum absolute atomic E-state index is 12.0. The van der Waals surface area contributed by atoms with Crippen LogP contribution in [-0.2, 0) is 9.59 Å². The molecule has 5 heteroatoms. The summed E-state index contributed by atoms with van der Waals surface area (Å²) in [5.41, 5.74) is 0. The molecule has 33 heavy (non-hydrogen) atoms. The van der Waals surface area contributed by atoms with Gasteiger partial charge in [0, 0.05) is 12.6 Å². The van der Waals surface area contributed by atoms with Gasteiger partial charge < -0.3 is 15.7 Å². The number of carbonyl (C=O) groups excluding carboxylic acids is 2. The van der Waals surface area contributed by atoms with Crippen molar-refractivity contribution in [2.24, 2.45) is 0 Å². The maximum Gasteiger partial charge on any atom is 0.250 e. The Bertz CT molecular complexity index is 531. The molecular weight excluding hydrogens is 412 g/mol. The van der Waals surface area contributed by atoms with Crippen LogP contribution in [0.1, 0.15) is 124 Å². The van der Waals surface area contributed by atoms with Crippen LogP contribution in [0.25, 0.3) is 0 Å². The standard InChI is InChI=1S/C28H52N2O3/c1-4-6-8-9-10-11-12-13-14-15-16-17-18-19-20-22-24-29-28(33)27(32)25(3)30-26(31)23-21-7-5-2/h5,7,21,23,25,27,32H,4,6,8-20,22,24H2,1-3H3,(H,29,33)(H,30,31)/b7-5+,23-21+/t25-,27+/m0/s1. The topological polar surface area (TPSA) is 78.4 Å². The van der Waals surface area contributed by atoms with Gasteiger partial charge in [-0.05, 0) is 20.3 Å². The highest BCUT2D eigenvalue weighted by atomic mass is 16.3. The molecule has 0 rings (SSSR count). The van der Waals surface area contributed by atoms with Crippen molar-refractivity contribution in [3.63, 3.8) is 0 Å². The molecule has 3 N–H and O–H groups in total. The molecule has 2 amide bonds. The lowest BCUT2D eigenvalue weighted by Gasteiger charge is -2.19. The van der Waals surface area contributed by atoms with Crippen molar-refractivity contribution >= 4 is 11.8 Å². The van der Waals surface area contributed by atoms with Gasteiger partial charge in [0.15, 0.2) is 6.10 Å². The number of allylic oxidation sites excluding steroid dienone is 3. The maximum atomic E-state index is 12.0. The van der Waals surface area contributed by atoms with E-state index in [1.165, 1.54) is 96.0 Å². The highest BCUT2D eigenvalue weighted by molar-refractivity contribution is 5.89. The average Bonchev–Trinajstić information content (AvgIpc) is 2.80. The summed E-state index contributed by atoms with van der Waals surface area (Å²) in [7, 11) is 0. The molecule has 0 aliphatic carbocycles. The Morgan fingerprint density at radius 3 is 1.67 bits per heavy atom. The van der Waals surface area contributed by atoms with Gasteiger partial charge >= 0.3 is 0 Å². The van der Waals surface area contributed by atoms with Gasteiger partial charge in [0.05, 0.1) is 6.04 Å². The van der Waals surface area contributed by atoms with E-state index in [4.69, 9.17) is 0 Å². The Balaban J connectivity index is 3.51. The molecule has 192 valence electrons. The number of aliphatic hydroxyl groups is 1. The van der Waals surface area contributed by atoms with Gasteiger partial charge in [-0.1, -0.05) is 121 Å². The first-order valence-electron chi connectivity index (χ1n) is 13.6. The van der Waals surface area contributed by atoms with Crippen LogP contribution in [0, 0.1) is 0 Å². The van der Waals surface area contributed by atoms with Gasteiger partial charge in [0.2, 0.25) is 5.91 Å². The minimum atomic E-state index is -1.25. The summed E-state index contributed by atoms with van der Waals surface area (Å²) in [4.78, 5) is 23.8. The summed E-state index contributed by atoms with van der Waals surface area (Å²) in [5, 5.41) is 15.5. The molecule has 2 atom stereocenters. The van der Waals surface area contributed by atoms with Gasteiger partial charge in [-0.25, -0.2) is 0 Å². The highest BCUT2D eigenvalue weighted by Gasteiger charge is 2.22. The molecule has 0 aromatic rings. The Labute approximate surface area is 203 Å². The van der Waals surface area contributed by atoms with Crippen molar-refractivity contribution in [2.45, 2.75) is 136 Å². The predicted molar refractivity (Wildman–Crippen MR) is 140 cm³/mol. The van der Waals surface area contributed by atoms with Crippen molar-refractivity contribution in [2.75, 3.05) is 6.54 Å². The Morgan fingerprint density at radius 2 is 1.21 bits per heavy atom. The predicted octanol–water partition coefficient (Wildman–Crippen LogP) is 6.36. The van der Waals surface area contributed by atoms with E-state index < -0.39 is 18.1 Å². The summed E-state index contributed by atoms with van der Waals surface area (Å²) < 4.78 is 0. The first-order chi connectivity index (χ1) is 16.0. The Morgan fingerprint density at radius 1 is 0.758 bits per heavy atom. The summed E-state index contributed by atoms with van der Waals surface area (Å²) in [5.74, 6) is -0.758. The third kappa shape index (κ3) is 20.7. The number of aliphatic hydroxyl groups excluding tert-OH is 1.